The van der Waals surface area contributed by atoms with Gasteiger partial charge in [-0.1, -0.05) is 12.1 Å². The first-order chi connectivity index (χ1) is 17.6. The number of urea groups is 1. The molecule has 208 valence electrons. The molecule has 1 aromatic rings. The highest BCUT2D eigenvalue weighted by Gasteiger charge is 2.50. The lowest BCUT2D eigenvalue weighted by molar-refractivity contribution is -0.147. The lowest BCUT2D eigenvalue weighted by Gasteiger charge is -2.43. The van der Waals surface area contributed by atoms with Crippen LogP contribution in [0.1, 0.15) is 89.8 Å². The van der Waals surface area contributed by atoms with Gasteiger partial charge in [0.25, 0.3) is 5.92 Å². The second-order valence-electron chi connectivity index (χ2n) is 11.9. The molecule has 3 heterocycles. The third-order valence-corrected chi connectivity index (χ3v) is 8.84. The molecule has 0 aromatic carbocycles. The fourth-order valence-electron chi connectivity index (χ4n) is 5.96. The summed E-state index contributed by atoms with van der Waals surface area (Å²) < 4.78 is 54.9. The summed E-state index contributed by atoms with van der Waals surface area (Å²) >= 11 is 0. The number of halogens is 3. The van der Waals surface area contributed by atoms with E-state index >= 15 is 8.78 Å². The van der Waals surface area contributed by atoms with E-state index in [0.717, 1.165) is 25.9 Å². The fourth-order valence-corrected chi connectivity index (χ4v) is 5.96. The fraction of sp³-hybridized carbons (Fsp3) is 0.885. The second-order valence-corrected chi connectivity index (χ2v) is 11.9. The lowest BCUT2D eigenvalue weighted by atomic mass is 9.79. The van der Waals surface area contributed by atoms with Crippen LogP contribution >= 0.6 is 0 Å². The average Bonchev–Trinajstić information content (AvgIpc) is 3.37. The van der Waals surface area contributed by atoms with Gasteiger partial charge in [0, 0.05) is 44.1 Å². The third-order valence-electron chi connectivity index (χ3n) is 8.84. The standard InChI is InChI=1S/C26H40F3N5O3/c1-16(2)33-11-6-17(7-12-33)36-20-5-4-8-26(28,29)21(20)30-24(35)34-13-9-25(3,10-14-34)23-31-22(37-32-23)18-15-19(18)27/h16-21H,4-15H2,1-3H3,(H,30,35)/t18?,19-,20-,21+/m0/s1. The Kier molecular flexibility index (Phi) is 7.48. The minimum Gasteiger partial charge on any atom is -0.373 e. The van der Waals surface area contributed by atoms with E-state index in [-0.39, 0.29) is 18.4 Å². The van der Waals surface area contributed by atoms with Crippen LogP contribution in [0, 0.1) is 0 Å². The topological polar surface area (TPSA) is 83.7 Å². The number of amides is 2. The highest BCUT2D eigenvalue weighted by molar-refractivity contribution is 5.75. The van der Waals surface area contributed by atoms with Gasteiger partial charge in [0.15, 0.2) is 5.82 Å². The van der Waals surface area contributed by atoms with Crippen molar-refractivity contribution in [2.75, 3.05) is 26.2 Å². The molecule has 11 heteroatoms. The van der Waals surface area contributed by atoms with Gasteiger partial charge in [-0.15, -0.1) is 0 Å². The number of nitrogens with one attached hydrogen (secondary N) is 1. The molecule has 0 radical (unpaired) electrons. The summed E-state index contributed by atoms with van der Waals surface area (Å²) in [6.45, 7) is 8.88. The summed E-state index contributed by atoms with van der Waals surface area (Å²) in [5.74, 6) is -2.45. The Labute approximate surface area is 216 Å². The van der Waals surface area contributed by atoms with Crippen molar-refractivity contribution in [3.63, 3.8) is 0 Å². The van der Waals surface area contributed by atoms with E-state index in [2.05, 4.69) is 34.2 Å². The SMILES string of the molecule is CC(C)N1CCC(O[C@H]2CCCC(F)(F)[C@@H]2NC(=O)N2CCC(C)(c3noc(C4C[C@@H]4F)n3)CC2)CC1. The number of ether oxygens (including phenoxy) is 1. The van der Waals surface area contributed by atoms with E-state index in [9.17, 15) is 9.18 Å². The Morgan fingerprint density at radius 1 is 1.14 bits per heavy atom. The van der Waals surface area contributed by atoms with Crippen molar-refractivity contribution in [3.05, 3.63) is 11.7 Å². The van der Waals surface area contributed by atoms with Gasteiger partial charge in [0.2, 0.25) is 5.89 Å². The van der Waals surface area contributed by atoms with E-state index < -0.39 is 35.7 Å². The van der Waals surface area contributed by atoms with E-state index in [1.807, 2.05) is 6.92 Å². The van der Waals surface area contributed by atoms with Gasteiger partial charge in [-0.05, 0) is 58.8 Å². The Balaban J connectivity index is 1.17. The number of piperidine rings is 2. The van der Waals surface area contributed by atoms with Crippen LogP contribution < -0.4 is 5.32 Å². The summed E-state index contributed by atoms with van der Waals surface area (Å²) in [6, 6.07) is -1.36. The van der Waals surface area contributed by atoms with Crippen molar-refractivity contribution in [1.29, 1.82) is 0 Å². The molecular formula is C26H40F3N5O3. The number of carbonyl (C=O) groups is 1. The van der Waals surface area contributed by atoms with E-state index in [1.165, 1.54) is 0 Å². The van der Waals surface area contributed by atoms with Gasteiger partial charge in [-0.3, -0.25) is 0 Å². The number of alkyl halides is 3. The van der Waals surface area contributed by atoms with Crippen molar-refractivity contribution >= 4 is 6.03 Å². The van der Waals surface area contributed by atoms with Crippen LogP contribution in [0.4, 0.5) is 18.0 Å². The number of hydrogen-bond donors (Lipinski definition) is 1. The maximum Gasteiger partial charge on any atom is 0.317 e. The summed E-state index contributed by atoms with van der Waals surface area (Å²) in [5, 5.41) is 6.73. The molecule has 1 N–H and O–H groups in total. The van der Waals surface area contributed by atoms with Crippen LogP contribution in [0.25, 0.3) is 0 Å². The first kappa shape index (κ1) is 26.7. The number of likely N-dealkylation sites (tertiary alicyclic amines) is 2. The Morgan fingerprint density at radius 3 is 2.43 bits per heavy atom. The van der Waals surface area contributed by atoms with Crippen LogP contribution in [0.2, 0.25) is 0 Å². The number of hydrogen-bond acceptors (Lipinski definition) is 6. The van der Waals surface area contributed by atoms with Gasteiger partial charge < -0.3 is 24.4 Å². The van der Waals surface area contributed by atoms with Crippen LogP contribution in [-0.2, 0) is 10.2 Å². The van der Waals surface area contributed by atoms with Gasteiger partial charge in [-0.2, -0.15) is 4.98 Å². The number of carbonyl (C=O) groups excluding carboxylic acids is 1. The maximum absolute atomic E-state index is 15.0. The first-order valence-electron chi connectivity index (χ1n) is 13.9. The van der Waals surface area contributed by atoms with Crippen molar-refractivity contribution in [2.45, 2.75) is 120 Å². The summed E-state index contributed by atoms with van der Waals surface area (Å²) in [4.78, 5) is 21.5. The summed E-state index contributed by atoms with van der Waals surface area (Å²) in [7, 11) is 0. The number of aromatic nitrogens is 2. The predicted molar refractivity (Wildman–Crippen MR) is 130 cm³/mol. The molecule has 4 fully saturated rings. The van der Waals surface area contributed by atoms with Crippen LogP contribution in [0.3, 0.4) is 0 Å². The van der Waals surface area contributed by atoms with Crippen molar-refractivity contribution < 1.29 is 27.2 Å². The van der Waals surface area contributed by atoms with Gasteiger partial charge in [0.05, 0.1) is 18.1 Å². The zero-order chi connectivity index (χ0) is 26.4. The van der Waals surface area contributed by atoms with Crippen LogP contribution in [0.15, 0.2) is 4.52 Å². The van der Waals surface area contributed by atoms with Crippen molar-refractivity contribution in [3.8, 4) is 0 Å². The Hall–Kier alpha value is -1.88. The normalized spacial score (nSPS) is 32.5. The summed E-state index contributed by atoms with van der Waals surface area (Å²) in [6.07, 6.45) is 2.17. The predicted octanol–water partition coefficient (Wildman–Crippen LogP) is 4.40. The second kappa shape index (κ2) is 10.4. The van der Waals surface area contributed by atoms with Crippen molar-refractivity contribution in [2.24, 2.45) is 0 Å². The molecule has 0 bridgehead atoms. The molecule has 1 unspecified atom stereocenters. The number of rotatable bonds is 6. The largest absolute Gasteiger partial charge is 0.373 e. The molecule has 2 aliphatic carbocycles. The molecule has 2 saturated carbocycles. The van der Waals surface area contributed by atoms with E-state index in [0.29, 0.717) is 63.0 Å². The van der Waals surface area contributed by atoms with Crippen LogP contribution in [-0.4, -0.2) is 88.5 Å². The maximum atomic E-state index is 15.0. The molecule has 2 amide bonds. The Morgan fingerprint density at radius 2 is 1.81 bits per heavy atom. The zero-order valence-electron chi connectivity index (χ0n) is 22.1. The highest BCUT2D eigenvalue weighted by Crippen LogP contribution is 2.44. The van der Waals surface area contributed by atoms with Crippen LogP contribution in [0.5, 0.6) is 0 Å². The van der Waals surface area contributed by atoms with E-state index in [1.54, 1.807) is 4.90 Å². The minimum absolute atomic E-state index is 0.0628. The third kappa shape index (κ3) is 5.77. The molecule has 2 saturated heterocycles. The monoisotopic (exact) mass is 527 g/mol. The van der Waals surface area contributed by atoms with Gasteiger partial charge >= 0.3 is 6.03 Å². The minimum atomic E-state index is -3.01. The number of nitrogens with zero attached hydrogens (tertiary/aromatic N) is 4. The molecule has 4 aliphatic rings. The first-order valence-corrected chi connectivity index (χ1v) is 13.9. The molecule has 2 aliphatic heterocycles. The molecule has 37 heavy (non-hydrogen) atoms. The molecule has 8 nitrogen and oxygen atoms in total. The van der Waals surface area contributed by atoms with E-state index in [4.69, 9.17) is 9.26 Å². The lowest BCUT2D eigenvalue weighted by Crippen LogP contribution is -2.61. The van der Waals surface area contributed by atoms with Crippen molar-refractivity contribution in [1.82, 2.24) is 25.3 Å². The molecule has 4 atom stereocenters. The summed E-state index contributed by atoms with van der Waals surface area (Å²) in [5.41, 5.74) is -0.412. The van der Waals surface area contributed by atoms with Gasteiger partial charge in [-0.25, -0.2) is 18.0 Å². The molecular weight excluding hydrogens is 487 g/mol. The average molecular weight is 528 g/mol. The quantitative estimate of drug-likeness (QED) is 0.590. The van der Waals surface area contributed by atoms with Gasteiger partial charge in [0.1, 0.15) is 12.2 Å². The smallest absolute Gasteiger partial charge is 0.317 e. The molecule has 0 spiro atoms. The molecule has 5 rings (SSSR count). The highest BCUT2D eigenvalue weighted by atomic mass is 19.3. The zero-order valence-corrected chi connectivity index (χ0v) is 22.1. The molecule has 1 aromatic heterocycles. The Bertz CT molecular complexity index is 944.